The topological polar surface area (TPSA) is 94.5 Å². The second-order valence-electron chi connectivity index (χ2n) is 9.30. The lowest BCUT2D eigenvalue weighted by Gasteiger charge is -2.41. The van der Waals surface area contributed by atoms with E-state index in [1.807, 2.05) is 11.8 Å². The quantitative estimate of drug-likeness (QED) is 0.738. The van der Waals surface area contributed by atoms with Gasteiger partial charge in [-0.2, -0.15) is 4.98 Å². The number of ether oxygens (including phenoxy) is 1. The molecule has 2 saturated heterocycles. The van der Waals surface area contributed by atoms with E-state index < -0.39 is 0 Å². The van der Waals surface area contributed by atoms with Gasteiger partial charge in [-0.3, -0.25) is 4.79 Å². The molecule has 2 aromatic heterocycles. The molecule has 0 N–H and O–H groups in total. The van der Waals surface area contributed by atoms with Crippen LogP contribution in [0.25, 0.3) is 0 Å². The van der Waals surface area contributed by atoms with Crippen molar-refractivity contribution in [1.29, 1.82) is 0 Å². The van der Waals surface area contributed by atoms with Crippen LogP contribution in [-0.2, 0) is 10.2 Å². The van der Waals surface area contributed by atoms with Gasteiger partial charge in [0.25, 0.3) is 5.91 Å². The van der Waals surface area contributed by atoms with Crippen molar-refractivity contribution in [3.05, 3.63) is 28.7 Å². The Hall–Kier alpha value is -2.22. The van der Waals surface area contributed by atoms with Gasteiger partial charge in [-0.05, 0) is 51.9 Å². The zero-order valence-corrected chi connectivity index (χ0v) is 17.9. The summed E-state index contributed by atoms with van der Waals surface area (Å²) < 4.78 is 16.5. The number of hydrogen-bond acceptors (Lipinski definition) is 7. The first kappa shape index (κ1) is 19.7. The standard InChI is InChI=1S/C22H30N4O4/c1-14-18(15(2)29-24-14)20(27)26-9-3-8-22(13-26,12-16-4-5-16)21-23-19(30-25-21)17-6-10-28-11-7-17/h16-17H,3-13H2,1-2H3. The van der Waals surface area contributed by atoms with E-state index in [1.165, 1.54) is 12.8 Å². The third-order valence-corrected chi connectivity index (χ3v) is 6.97. The summed E-state index contributed by atoms with van der Waals surface area (Å²) in [5, 5.41) is 8.43. The maximum atomic E-state index is 13.3. The summed E-state index contributed by atoms with van der Waals surface area (Å²) in [7, 11) is 0. The van der Waals surface area contributed by atoms with Gasteiger partial charge in [0.15, 0.2) is 5.82 Å². The monoisotopic (exact) mass is 414 g/mol. The third-order valence-electron chi connectivity index (χ3n) is 6.97. The first-order valence-electron chi connectivity index (χ1n) is 11.2. The molecule has 1 unspecified atom stereocenters. The molecule has 1 saturated carbocycles. The van der Waals surface area contributed by atoms with Crippen LogP contribution >= 0.6 is 0 Å². The average molecular weight is 415 g/mol. The highest BCUT2D eigenvalue weighted by Gasteiger charge is 2.46. The smallest absolute Gasteiger partial charge is 0.259 e. The van der Waals surface area contributed by atoms with Crippen molar-refractivity contribution >= 4 is 5.91 Å². The number of likely N-dealkylation sites (tertiary alicyclic amines) is 1. The minimum absolute atomic E-state index is 0.000676. The fourth-order valence-electron chi connectivity index (χ4n) is 5.13. The third kappa shape index (κ3) is 3.66. The van der Waals surface area contributed by atoms with Gasteiger partial charge in [0, 0.05) is 32.2 Å². The van der Waals surface area contributed by atoms with Crippen LogP contribution in [0.5, 0.6) is 0 Å². The van der Waals surface area contributed by atoms with E-state index in [0.717, 1.165) is 63.6 Å². The molecule has 8 heteroatoms. The Morgan fingerprint density at radius 3 is 2.63 bits per heavy atom. The molecule has 4 heterocycles. The zero-order chi connectivity index (χ0) is 20.7. The van der Waals surface area contributed by atoms with Crippen LogP contribution in [0.15, 0.2) is 9.05 Å². The second kappa shape index (κ2) is 7.80. The number of carbonyl (C=O) groups is 1. The highest BCUT2D eigenvalue weighted by atomic mass is 16.5. The number of hydrogen-bond donors (Lipinski definition) is 0. The van der Waals surface area contributed by atoms with E-state index in [0.29, 0.717) is 29.5 Å². The van der Waals surface area contributed by atoms with E-state index in [2.05, 4.69) is 10.3 Å². The number of aryl methyl sites for hydroxylation is 2. The SMILES string of the molecule is Cc1noc(C)c1C(=O)N1CCCC(CC2CC2)(c2noc(C3CCOCC3)n2)C1. The van der Waals surface area contributed by atoms with Crippen LogP contribution in [0.1, 0.15) is 84.4 Å². The van der Waals surface area contributed by atoms with Crippen molar-refractivity contribution in [3.8, 4) is 0 Å². The van der Waals surface area contributed by atoms with Crippen molar-refractivity contribution in [3.63, 3.8) is 0 Å². The van der Waals surface area contributed by atoms with Crippen LogP contribution < -0.4 is 0 Å². The van der Waals surface area contributed by atoms with Crippen molar-refractivity contribution in [1.82, 2.24) is 20.2 Å². The van der Waals surface area contributed by atoms with Crippen molar-refractivity contribution in [2.75, 3.05) is 26.3 Å². The Kier molecular flexibility index (Phi) is 5.13. The summed E-state index contributed by atoms with van der Waals surface area (Å²) in [6.07, 6.45) is 7.30. The molecule has 2 aliphatic heterocycles. The van der Waals surface area contributed by atoms with Crippen LogP contribution in [0.2, 0.25) is 0 Å². The Morgan fingerprint density at radius 2 is 1.93 bits per heavy atom. The molecule has 2 aromatic rings. The minimum Gasteiger partial charge on any atom is -0.381 e. The van der Waals surface area contributed by atoms with Crippen molar-refractivity contribution in [2.45, 2.75) is 70.1 Å². The number of rotatable bonds is 5. The first-order valence-corrected chi connectivity index (χ1v) is 11.2. The largest absolute Gasteiger partial charge is 0.381 e. The van der Waals surface area contributed by atoms with E-state index >= 15 is 0 Å². The van der Waals surface area contributed by atoms with Crippen molar-refractivity contribution in [2.24, 2.45) is 5.92 Å². The number of amides is 1. The Labute approximate surface area is 176 Å². The second-order valence-corrected chi connectivity index (χ2v) is 9.30. The van der Waals surface area contributed by atoms with E-state index in [9.17, 15) is 4.79 Å². The molecule has 162 valence electrons. The fourth-order valence-corrected chi connectivity index (χ4v) is 5.13. The van der Waals surface area contributed by atoms with Gasteiger partial charge in [0.2, 0.25) is 5.89 Å². The van der Waals surface area contributed by atoms with Crippen LogP contribution in [0, 0.1) is 19.8 Å². The number of nitrogens with zero attached hydrogens (tertiary/aromatic N) is 4. The lowest BCUT2D eigenvalue weighted by Crippen LogP contribution is -2.49. The molecule has 1 atom stereocenters. The molecular weight excluding hydrogens is 384 g/mol. The summed E-state index contributed by atoms with van der Waals surface area (Å²) >= 11 is 0. The maximum absolute atomic E-state index is 13.3. The molecule has 5 rings (SSSR count). The normalized spacial score (nSPS) is 25.6. The summed E-state index contributed by atoms with van der Waals surface area (Å²) in [6, 6.07) is 0. The lowest BCUT2D eigenvalue weighted by molar-refractivity contribution is 0.0604. The molecule has 8 nitrogen and oxygen atoms in total. The highest BCUT2D eigenvalue weighted by molar-refractivity contribution is 5.96. The lowest BCUT2D eigenvalue weighted by atomic mass is 9.74. The fraction of sp³-hybridized carbons (Fsp3) is 0.727. The van der Waals surface area contributed by atoms with Crippen LogP contribution in [0.4, 0.5) is 0 Å². The van der Waals surface area contributed by atoms with Gasteiger partial charge in [-0.25, -0.2) is 0 Å². The number of piperidine rings is 1. The van der Waals surface area contributed by atoms with E-state index in [1.54, 1.807) is 6.92 Å². The van der Waals surface area contributed by atoms with Crippen LogP contribution in [0.3, 0.4) is 0 Å². The maximum Gasteiger partial charge on any atom is 0.259 e. The molecule has 0 radical (unpaired) electrons. The molecule has 3 aliphatic rings. The summed E-state index contributed by atoms with van der Waals surface area (Å²) in [5.41, 5.74) is 1.01. The van der Waals surface area contributed by atoms with E-state index in [-0.39, 0.29) is 17.2 Å². The minimum atomic E-state index is -0.235. The summed E-state index contributed by atoms with van der Waals surface area (Å²) in [5.74, 6) is 3.08. The number of carbonyl (C=O) groups excluding carboxylic acids is 1. The molecule has 1 amide bonds. The summed E-state index contributed by atoms with van der Waals surface area (Å²) in [4.78, 5) is 20.2. The Morgan fingerprint density at radius 1 is 1.13 bits per heavy atom. The van der Waals surface area contributed by atoms with Gasteiger partial charge >= 0.3 is 0 Å². The van der Waals surface area contributed by atoms with Gasteiger partial charge in [0.1, 0.15) is 11.3 Å². The van der Waals surface area contributed by atoms with Gasteiger partial charge in [-0.1, -0.05) is 23.2 Å². The predicted octanol–water partition coefficient (Wildman–Crippen LogP) is 3.54. The first-order chi connectivity index (χ1) is 14.6. The molecular formula is C22H30N4O4. The van der Waals surface area contributed by atoms with E-state index in [4.69, 9.17) is 18.8 Å². The van der Waals surface area contributed by atoms with Crippen molar-refractivity contribution < 1.29 is 18.6 Å². The van der Waals surface area contributed by atoms with Gasteiger partial charge < -0.3 is 18.7 Å². The molecule has 0 aromatic carbocycles. The average Bonchev–Trinajstić information content (AvgIpc) is 3.30. The number of aromatic nitrogens is 3. The molecule has 30 heavy (non-hydrogen) atoms. The zero-order valence-electron chi connectivity index (χ0n) is 17.9. The van der Waals surface area contributed by atoms with Gasteiger partial charge in [0.05, 0.1) is 11.1 Å². The van der Waals surface area contributed by atoms with Crippen LogP contribution in [-0.4, -0.2) is 52.4 Å². The summed E-state index contributed by atoms with van der Waals surface area (Å²) in [6.45, 7) is 6.47. The Bertz CT molecular complexity index is 893. The highest BCUT2D eigenvalue weighted by Crippen LogP contribution is 2.46. The molecule has 0 spiro atoms. The molecule has 3 fully saturated rings. The predicted molar refractivity (Wildman–Crippen MR) is 107 cm³/mol. The molecule has 0 bridgehead atoms. The Balaban J connectivity index is 1.42. The molecule has 1 aliphatic carbocycles. The van der Waals surface area contributed by atoms with Gasteiger partial charge in [-0.15, -0.1) is 0 Å².